The van der Waals surface area contributed by atoms with Gasteiger partial charge in [0.2, 0.25) is 5.78 Å². The Kier molecular flexibility index (Phi) is 6.58. The molecule has 0 radical (unpaired) electrons. The summed E-state index contributed by atoms with van der Waals surface area (Å²) >= 11 is 0. The van der Waals surface area contributed by atoms with Crippen LogP contribution in [0.25, 0.3) is 77.5 Å². The third-order valence-corrected chi connectivity index (χ3v) is 10.2. The van der Waals surface area contributed by atoms with Crippen molar-refractivity contribution in [3.8, 4) is 17.3 Å². The fourth-order valence-electron chi connectivity index (χ4n) is 7.83. The molecule has 0 bridgehead atoms. The Bertz CT molecular complexity index is 3290. The van der Waals surface area contributed by atoms with Gasteiger partial charge in [-0.2, -0.15) is 6.67 Å². The average Bonchev–Trinajstić information content (AvgIpc) is 3.99. The Morgan fingerprint density at radius 3 is 2.35 bits per heavy atom. The minimum absolute atomic E-state index is 0. The van der Waals surface area contributed by atoms with Crippen molar-refractivity contribution in [3.05, 3.63) is 146 Å². The van der Waals surface area contributed by atoms with Gasteiger partial charge in [0.25, 0.3) is 0 Å². The number of ether oxygens (including phenoxy) is 1. The van der Waals surface area contributed by atoms with Crippen LogP contribution in [0.2, 0.25) is 0 Å². The molecule has 0 aliphatic carbocycles. The van der Waals surface area contributed by atoms with E-state index in [4.69, 9.17) is 23.5 Å². The van der Waals surface area contributed by atoms with Crippen LogP contribution in [0.4, 0.5) is 17.1 Å². The van der Waals surface area contributed by atoms with Crippen LogP contribution < -0.4 is 14.5 Å². The first-order chi connectivity index (χ1) is 26.2. The summed E-state index contributed by atoms with van der Waals surface area (Å²) < 4.78 is 23.9. The van der Waals surface area contributed by atoms with Crippen molar-refractivity contribution in [3.63, 3.8) is 0 Å². The zero-order valence-corrected chi connectivity index (χ0v) is 30.7. The van der Waals surface area contributed by atoms with E-state index in [0.29, 0.717) is 17.1 Å². The molecular formula is C44H25N6O3Pt-3. The number of imidazole rings is 2. The molecular weight excluding hydrogens is 856 g/mol. The standard InChI is InChI=1S/C44H25N6O3.Pt/c1-47-25-48(35-14-6-5-13-34(35)47)26-20-31-30-24-39-29(28-10-2-7-15-38(28)52-39)23-40(30)53-43(31)41(21-26)51-27-17-18-36-37(22-27)50(42-16-8-9-19-45-42)44-46-32-11-3-4-12-33(32)49(36)44;/h2-20,23-25H,1H3;/q-3;. The number of pyridine rings is 1. The van der Waals surface area contributed by atoms with Gasteiger partial charge < -0.3 is 27.8 Å². The number of hydrogen-bond donors (Lipinski definition) is 0. The van der Waals surface area contributed by atoms with Crippen LogP contribution in [-0.2, 0) is 21.1 Å². The molecule has 11 aromatic rings. The minimum Gasteiger partial charge on any atom is -0.512 e. The second-order valence-electron chi connectivity index (χ2n) is 13.3. The molecule has 0 fully saturated rings. The van der Waals surface area contributed by atoms with E-state index in [0.717, 1.165) is 89.0 Å². The third-order valence-electron chi connectivity index (χ3n) is 10.2. The number of nitrogens with zero attached hydrogens (tertiary/aromatic N) is 6. The molecule has 0 N–H and O–H groups in total. The fraction of sp³-hybridized carbons (Fsp3) is 0.0227. The van der Waals surface area contributed by atoms with E-state index in [1.54, 1.807) is 6.20 Å². The number of hydrogen-bond acceptors (Lipinski definition) is 7. The number of rotatable bonds is 4. The van der Waals surface area contributed by atoms with Gasteiger partial charge in [-0.05, 0) is 72.7 Å². The molecule has 12 rings (SSSR count). The van der Waals surface area contributed by atoms with Crippen molar-refractivity contribution in [1.29, 1.82) is 0 Å². The van der Waals surface area contributed by atoms with E-state index in [-0.39, 0.29) is 21.1 Å². The molecule has 262 valence electrons. The minimum atomic E-state index is 0. The van der Waals surface area contributed by atoms with Crippen LogP contribution in [-0.4, -0.2) is 26.0 Å². The molecule has 0 amide bonds. The molecule has 9 nitrogen and oxygen atoms in total. The van der Waals surface area contributed by atoms with Crippen LogP contribution in [0.5, 0.6) is 11.5 Å². The molecule has 0 saturated heterocycles. The monoisotopic (exact) mass is 880 g/mol. The summed E-state index contributed by atoms with van der Waals surface area (Å²) in [6, 6.07) is 47.7. The summed E-state index contributed by atoms with van der Waals surface area (Å²) in [5, 5.41) is 3.84. The maximum absolute atomic E-state index is 6.80. The summed E-state index contributed by atoms with van der Waals surface area (Å²) in [4.78, 5) is 13.9. The van der Waals surface area contributed by atoms with Gasteiger partial charge in [-0.15, -0.1) is 30.3 Å². The maximum Gasteiger partial charge on any atom is 0.208 e. The Balaban J connectivity index is 0.00000341. The first kappa shape index (κ1) is 31.0. The molecule has 0 unspecified atom stereocenters. The summed E-state index contributed by atoms with van der Waals surface area (Å²) in [7, 11) is 2.04. The average molecular weight is 881 g/mol. The smallest absolute Gasteiger partial charge is 0.208 e. The van der Waals surface area contributed by atoms with Crippen molar-refractivity contribution < 1.29 is 34.6 Å². The first-order valence-electron chi connectivity index (χ1n) is 17.3. The van der Waals surface area contributed by atoms with Crippen molar-refractivity contribution in [1.82, 2.24) is 18.9 Å². The molecule has 0 saturated carbocycles. The Hall–Kier alpha value is -6.57. The van der Waals surface area contributed by atoms with E-state index < -0.39 is 0 Å². The molecule has 0 spiro atoms. The van der Waals surface area contributed by atoms with Crippen LogP contribution in [0.1, 0.15) is 0 Å². The van der Waals surface area contributed by atoms with Gasteiger partial charge in [-0.3, -0.25) is 4.57 Å². The van der Waals surface area contributed by atoms with Gasteiger partial charge in [0, 0.05) is 60.5 Å². The molecule has 10 heteroatoms. The van der Waals surface area contributed by atoms with Crippen molar-refractivity contribution in [2.75, 3.05) is 16.8 Å². The predicted molar refractivity (Wildman–Crippen MR) is 207 cm³/mol. The van der Waals surface area contributed by atoms with Crippen LogP contribution >= 0.6 is 0 Å². The van der Waals surface area contributed by atoms with Crippen LogP contribution in [0.15, 0.2) is 136 Å². The van der Waals surface area contributed by atoms with Gasteiger partial charge in [0.15, 0.2) is 0 Å². The van der Waals surface area contributed by atoms with Gasteiger partial charge in [-0.1, -0.05) is 59.6 Å². The molecule has 1 aliphatic heterocycles. The van der Waals surface area contributed by atoms with E-state index in [9.17, 15) is 0 Å². The fourth-order valence-corrected chi connectivity index (χ4v) is 7.83. The number of para-hydroxylation sites is 5. The summed E-state index contributed by atoms with van der Waals surface area (Å²) in [6.07, 6.45) is 1.78. The SMILES string of the molecule is CN1[CH-]N(c2[c-]c(Oc3[c-]c4c(cc3)n3c5ccccc5nc3n4-c3ccccn3)c3oc4cc5c(cc4c3c2)oc2ccccc25)c2ccccc21.[Pt]. The number of aromatic nitrogens is 4. The Morgan fingerprint density at radius 1 is 0.685 bits per heavy atom. The summed E-state index contributed by atoms with van der Waals surface area (Å²) in [6.45, 7) is 2.06. The van der Waals surface area contributed by atoms with Crippen molar-refractivity contribution in [2.45, 2.75) is 0 Å². The van der Waals surface area contributed by atoms with E-state index in [2.05, 4.69) is 75.5 Å². The molecule has 1 aliphatic rings. The number of anilines is 3. The summed E-state index contributed by atoms with van der Waals surface area (Å²) in [5.41, 5.74) is 9.50. The third kappa shape index (κ3) is 4.36. The quantitative estimate of drug-likeness (QED) is 0.163. The van der Waals surface area contributed by atoms with Crippen molar-refractivity contribution in [2.24, 2.45) is 0 Å². The Morgan fingerprint density at radius 2 is 1.46 bits per heavy atom. The van der Waals surface area contributed by atoms with Crippen LogP contribution in [0.3, 0.4) is 0 Å². The van der Waals surface area contributed by atoms with Gasteiger partial charge in [-0.25, -0.2) is 9.97 Å². The molecule has 6 heterocycles. The first-order valence-corrected chi connectivity index (χ1v) is 17.3. The van der Waals surface area contributed by atoms with Gasteiger partial charge >= 0.3 is 0 Å². The van der Waals surface area contributed by atoms with E-state index >= 15 is 0 Å². The summed E-state index contributed by atoms with van der Waals surface area (Å²) in [5.74, 6) is 2.41. The number of benzene rings is 6. The van der Waals surface area contributed by atoms with Crippen molar-refractivity contribution >= 4 is 88.8 Å². The second-order valence-corrected chi connectivity index (χ2v) is 13.3. The maximum atomic E-state index is 6.80. The van der Waals surface area contributed by atoms with Gasteiger partial charge in [0.05, 0.1) is 22.4 Å². The van der Waals surface area contributed by atoms with E-state index in [1.807, 2.05) is 90.5 Å². The largest absolute Gasteiger partial charge is 0.512 e. The van der Waals surface area contributed by atoms with Gasteiger partial charge in [0.1, 0.15) is 22.6 Å². The zero-order chi connectivity index (χ0) is 34.8. The molecule has 6 aromatic carbocycles. The Labute approximate surface area is 321 Å². The topological polar surface area (TPSA) is 77.1 Å². The molecule has 54 heavy (non-hydrogen) atoms. The molecule has 0 atom stereocenters. The van der Waals surface area contributed by atoms with E-state index in [1.165, 1.54) is 0 Å². The normalized spacial score (nSPS) is 13.0. The number of fused-ring (bicyclic) bond motifs is 12. The zero-order valence-electron chi connectivity index (χ0n) is 28.4. The second kappa shape index (κ2) is 11.5. The number of furan rings is 2. The predicted octanol–water partition coefficient (Wildman–Crippen LogP) is 10.7. The molecule has 5 aromatic heterocycles. The van der Waals surface area contributed by atoms with Crippen LogP contribution in [0, 0.1) is 18.8 Å².